The zero-order valence-corrected chi connectivity index (χ0v) is 23.6. The number of anilines is 1. The van der Waals surface area contributed by atoms with E-state index >= 15 is 0 Å². The fraction of sp³-hybridized carbons (Fsp3) is 0.281. The third-order valence-electron chi connectivity index (χ3n) is 7.40. The summed E-state index contributed by atoms with van der Waals surface area (Å²) < 4.78 is 12.3. The molecule has 1 amide bonds. The van der Waals surface area contributed by atoms with Crippen LogP contribution in [0.5, 0.6) is 11.5 Å². The topological polar surface area (TPSA) is 89.0 Å². The lowest BCUT2D eigenvalue weighted by molar-refractivity contribution is -0.132. The molecule has 0 saturated carbocycles. The van der Waals surface area contributed by atoms with Crippen molar-refractivity contribution in [3.05, 3.63) is 88.5 Å². The van der Waals surface area contributed by atoms with Gasteiger partial charge in [-0.05, 0) is 72.9 Å². The van der Waals surface area contributed by atoms with Crippen LogP contribution in [0.3, 0.4) is 0 Å². The summed E-state index contributed by atoms with van der Waals surface area (Å²) in [7, 11) is 0. The number of Topliss-reactive ketones (excluding diaryl/α,β-unsaturated/α-hetero) is 1. The van der Waals surface area contributed by atoms with Crippen molar-refractivity contribution in [1.82, 2.24) is 4.98 Å². The Labute approximate surface area is 236 Å². The van der Waals surface area contributed by atoms with Crippen molar-refractivity contribution in [2.45, 2.75) is 52.2 Å². The number of carbonyl (C=O) groups is 2. The summed E-state index contributed by atoms with van der Waals surface area (Å²) >= 11 is 1.31. The van der Waals surface area contributed by atoms with Gasteiger partial charge in [-0.2, -0.15) is 0 Å². The van der Waals surface area contributed by atoms with Crippen LogP contribution >= 0.6 is 11.3 Å². The van der Waals surface area contributed by atoms with Gasteiger partial charge in [-0.25, -0.2) is 4.98 Å². The summed E-state index contributed by atoms with van der Waals surface area (Å²) in [6.45, 7) is 8.66. The minimum atomic E-state index is -0.837. The van der Waals surface area contributed by atoms with Gasteiger partial charge in [-0.1, -0.05) is 49.4 Å². The molecule has 2 unspecified atom stereocenters. The quantitative estimate of drug-likeness (QED) is 0.161. The van der Waals surface area contributed by atoms with E-state index in [1.165, 1.54) is 16.2 Å². The standard InChI is InChI=1S/C32H30N2O5S/c1-5-38-23-11-12-24-26(16-23)40-32(33-24)34-28(20-8-6-19(7-9-20)17(2)3)27(30(36)31(34)37)29(35)21-10-13-25-22(15-21)14-18(4)39-25/h6-13,15-18,28,35H,5,14H2,1-4H3/b29-27-. The van der Waals surface area contributed by atoms with Gasteiger partial charge in [-0.3, -0.25) is 14.5 Å². The Kier molecular flexibility index (Phi) is 6.58. The summed E-state index contributed by atoms with van der Waals surface area (Å²) in [5.74, 6) is 0.131. The number of aliphatic hydroxyl groups is 1. The molecule has 0 spiro atoms. The zero-order valence-electron chi connectivity index (χ0n) is 22.8. The third-order valence-corrected chi connectivity index (χ3v) is 8.42. The van der Waals surface area contributed by atoms with Crippen LogP contribution in [0, 0.1) is 0 Å². The number of rotatable bonds is 6. The highest BCUT2D eigenvalue weighted by molar-refractivity contribution is 7.22. The molecule has 0 aliphatic carbocycles. The summed E-state index contributed by atoms with van der Waals surface area (Å²) in [5.41, 5.74) is 4.04. The first-order valence-electron chi connectivity index (χ1n) is 13.5. The van der Waals surface area contributed by atoms with Gasteiger partial charge in [0.25, 0.3) is 5.78 Å². The van der Waals surface area contributed by atoms with Crippen LogP contribution in [0.15, 0.2) is 66.2 Å². The number of fused-ring (bicyclic) bond motifs is 2. The normalized spacial score (nSPS) is 19.9. The molecule has 3 aromatic carbocycles. The van der Waals surface area contributed by atoms with Crippen molar-refractivity contribution < 1.29 is 24.2 Å². The number of carbonyl (C=O) groups excluding carboxylic acids is 2. The average Bonchev–Trinajstić information content (AvgIpc) is 3.60. The van der Waals surface area contributed by atoms with E-state index in [-0.39, 0.29) is 17.4 Å². The highest BCUT2D eigenvalue weighted by atomic mass is 32.1. The molecular formula is C32H30N2O5S. The van der Waals surface area contributed by atoms with Gasteiger partial charge in [0.1, 0.15) is 23.4 Å². The number of hydrogen-bond acceptors (Lipinski definition) is 7. The van der Waals surface area contributed by atoms with Crippen molar-refractivity contribution in [1.29, 1.82) is 0 Å². The van der Waals surface area contributed by atoms with Crippen LogP contribution in [0.2, 0.25) is 0 Å². The molecule has 1 aromatic heterocycles. The summed E-state index contributed by atoms with van der Waals surface area (Å²) in [6, 6.07) is 17.9. The number of benzene rings is 3. The predicted octanol–water partition coefficient (Wildman–Crippen LogP) is 6.77. The van der Waals surface area contributed by atoms with Crippen LogP contribution in [0.25, 0.3) is 16.0 Å². The molecule has 204 valence electrons. The first-order chi connectivity index (χ1) is 19.2. The maximum absolute atomic E-state index is 13.6. The van der Waals surface area contributed by atoms with E-state index in [0.717, 1.165) is 27.1 Å². The first-order valence-corrected chi connectivity index (χ1v) is 14.3. The van der Waals surface area contributed by atoms with Crippen LogP contribution in [0.4, 0.5) is 5.13 Å². The van der Waals surface area contributed by atoms with E-state index in [4.69, 9.17) is 14.5 Å². The molecule has 4 aromatic rings. The Balaban J connectivity index is 1.50. The number of aliphatic hydroxyl groups excluding tert-OH is 1. The number of aromatic nitrogens is 1. The van der Waals surface area contributed by atoms with Crippen LogP contribution in [-0.2, 0) is 16.0 Å². The molecule has 8 heteroatoms. The third kappa shape index (κ3) is 4.42. The molecule has 2 aliphatic heterocycles. The molecule has 1 fully saturated rings. The summed E-state index contributed by atoms with van der Waals surface area (Å²) in [5, 5.41) is 12.0. The van der Waals surface area contributed by atoms with Gasteiger partial charge in [0.05, 0.1) is 28.4 Å². The molecule has 0 radical (unpaired) electrons. The molecular weight excluding hydrogens is 524 g/mol. The maximum Gasteiger partial charge on any atom is 0.301 e. The van der Waals surface area contributed by atoms with E-state index in [1.807, 2.05) is 62.4 Å². The Bertz CT molecular complexity index is 1670. The van der Waals surface area contributed by atoms with Crippen LogP contribution in [-0.4, -0.2) is 34.5 Å². The molecule has 7 nitrogen and oxygen atoms in total. The van der Waals surface area contributed by atoms with Crippen molar-refractivity contribution in [3.8, 4) is 11.5 Å². The van der Waals surface area contributed by atoms with E-state index < -0.39 is 17.7 Å². The van der Waals surface area contributed by atoms with Gasteiger partial charge >= 0.3 is 5.91 Å². The van der Waals surface area contributed by atoms with Gasteiger partial charge in [0, 0.05) is 12.0 Å². The number of hydrogen-bond donors (Lipinski definition) is 1. The maximum atomic E-state index is 13.6. The molecule has 3 heterocycles. The van der Waals surface area contributed by atoms with Crippen molar-refractivity contribution in [2.24, 2.45) is 0 Å². The number of amides is 1. The Morgan fingerprint density at radius 3 is 2.62 bits per heavy atom. The summed E-state index contributed by atoms with van der Waals surface area (Å²) in [6.07, 6.45) is 0.750. The number of ketones is 1. The fourth-order valence-corrected chi connectivity index (χ4v) is 6.41. The zero-order chi connectivity index (χ0) is 28.1. The van der Waals surface area contributed by atoms with Crippen LogP contribution in [0.1, 0.15) is 61.9 Å². The molecule has 1 N–H and O–H groups in total. The lowest BCUT2D eigenvalue weighted by Crippen LogP contribution is -2.29. The highest BCUT2D eigenvalue weighted by Crippen LogP contribution is 2.45. The predicted molar refractivity (Wildman–Crippen MR) is 156 cm³/mol. The van der Waals surface area contributed by atoms with Gasteiger partial charge in [-0.15, -0.1) is 0 Å². The molecule has 2 aliphatic rings. The fourth-order valence-electron chi connectivity index (χ4n) is 5.39. The van der Waals surface area contributed by atoms with Gasteiger partial charge < -0.3 is 14.6 Å². The minimum absolute atomic E-state index is 0.0414. The van der Waals surface area contributed by atoms with E-state index in [2.05, 4.69) is 13.8 Å². The highest BCUT2D eigenvalue weighted by Gasteiger charge is 2.48. The average molecular weight is 555 g/mol. The molecule has 0 bridgehead atoms. The smallest absolute Gasteiger partial charge is 0.301 e. The van der Waals surface area contributed by atoms with E-state index in [9.17, 15) is 14.7 Å². The lowest BCUT2D eigenvalue weighted by atomic mass is 9.93. The van der Waals surface area contributed by atoms with Gasteiger partial charge in [0.15, 0.2) is 5.13 Å². The van der Waals surface area contributed by atoms with Gasteiger partial charge in [0.2, 0.25) is 0 Å². The lowest BCUT2D eigenvalue weighted by Gasteiger charge is -2.23. The Hall–Kier alpha value is -4.17. The molecule has 6 rings (SSSR count). The number of thiazole rings is 1. The second-order valence-corrected chi connectivity index (χ2v) is 11.5. The second kappa shape index (κ2) is 10.1. The van der Waals surface area contributed by atoms with E-state index in [0.29, 0.717) is 40.9 Å². The Morgan fingerprint density at radius 1 is 1.12 bits per heavy atom. The first kappa shape index (κ1) is 26.1. The van der Waals surface area contributed by atoms with E-state index in [1.54, 1.807) is 12.1 Å². The number of nitrogens with zero attached hydrogens (tertiary/aromatic N) is 2. The second-order valence-electron chi connectivity index (χ2n) is 10.5. The van der Waals surface area contributed by atoms with Crippen LogP contribution < -0.4 is 14.4 Å². The number of ether oxygens (including phenoxy) is 2. The van der Waals surface area contributed by atoms with Crippen molar-refractivity contribution in [3.63, 3.8) is 0 Å². The molecule has 2 atom stereocenters. The SMILES string of the molecule is CCOc1ccc2nc(N3C(=O)C(=O)/C(=C(\O)c4ccc5c(c4)CC(C)O5)C3c3ccc(C(C)C)cc3)sc2c1. The Morgan fingerprint density at radius 2 is 1.90 bits per heavy atom. The molecule has 1 saturated heterocycles. The monoisotopic (exact) mass is 554 g/mol. The molecule has 40 heavy (non-hydrogen) atoms. The van der Waals surface area contributed by atoms with Crippen molar-refractivity contribution in [2.75, 3.05) is 11.5 Å². The summed E-state index contributed by atoms with van der Waals surface area (Å²) in [4.78, 5) is 33.4. The van der Waals surface area contributed by atoms with Crippen molar-refractivity contribution >= 4 is 44.1 Å². The minimum Gasteiger partial charge on any atom is -0.507 e. The largest absolute Gasteiger partial charge is 0.507 e.